The van der Waals surface area contributed by atoms with Crippen molar-refractivity contribution in [3.05, 3.63) is 60.2 Å². The molecule has 9 nitrogen and oxygen atoms in total. The summed E-state index contributed by atoms with van der Waals surface area (Å²) in [6.07, 6.45) is 4.05. The zero-order chi connectivity index (χ0) is 22.3. The number of anilines is 3. The van der Waals surface area contributed by atoms with Crippen molar-refractivity contribution < 1.29 is 9.47 Å². The number of ether oxygens (including phenoxy) is 2. The standard InChI is InChI=1S/C24H27N7O2/c1-2-6-20(7-3-1)33-21-10-8-19(9-11-21)18-25-29-22-26-23(30-12-4-5-13-30)28-24(27-22)31-14-16-32-17-15-31/h1-3,6-11,18H,4-5,12-17H2,(H,26,27,28,29)/b25-18+. The highest BCUT2D eigenvalue weighted by atomic mass is 16.5. The zero-order valence-corrected chi connectivity index (χ0v) is 18.4. The Bertz CT molecular complexity index is 1060. The van der Waals surface area contributed by atoms with Crippen LogP contribution in [0.4, 0.5) is 17.8 Å². The molecule has 1 aromatic heterocycles. The van der Waals surface area contributed by atoms with E-state index in [0.717, 1.165) is 56.1 Å². The van der Waals surface area contributed by atoms with Gasteiger partial charge in [0.1, 0.15) is 11.5 Å². The highest BCUT2D eigenvalue weighted by Gasteiger charge is 2.21. The maximum Gasteiger partial charge on any atom is 0.250 e. The molecule has 0 aliphatic carbocycles. The average Bonchev–Trinajstić information content (AvgIpc) is 3.42. The van der Waals surface area contributed by atoms with Crippen LogP contribution in [0.3, 0.4) is 0 Å². The third-order valence-electron chi connectivity index (χ3n) is 5.53. The summed E-state index contributed by atoms with van der Waals surface area (Å²) in [6, 6.07) is 17.4. The Kier molecular flexibility index (Phi) is 6.58. The Labute approximate surface area is 193 Å². The predicted molar refractivity (Wildman–Crippen MR) is 128 cm³/mol. The number of hydrazone groups is 1. The summed E-state index contributed by atoms with van der Waals surface area (Å²) in [5, 5.41) is 4.35. The fraction of sp³-hybridized carbons (Fsp3) is 0.333. The van der Waals surface area contributed by atoms with E-state index in [4.69, 9.17) is 14.5 Å². The largest absolute Gasteiger partial charge is 0.457 e. The summed E-state index contributed by atoms with van der Waals surface area (Å²) in [5.74, 6) is 3.38. The molecule has 0 radical (unpaired) electrons. The number of aromatic nitrogens is 3. The summed E-state index contributed by atoms with van der Waals surface area (Å²) in [6.45, 7) is 4.82. The Morgan fingerprint density at radius 3 is 2.12 bits per heavy atom. The van der Waals surface area contributed by atoms with Gasteiger partial charge in [0, 0.05) is 26.2 Å². The molecule has 0 bridgehead atoms. The lowest BCUT2D eigenvalue weighted by Crippen LogP contribution is -2.38. The molecule has 2 aliphatic heterocycles. The molecule has 2 aliphatic rings. The molecule has 0 atom stereocenters. The van der Waals surface area contributed by atoms with E-state index >= 15 is 0 Å². The van der Waals surface area contributed by atoms with Crippen molar-refractivity contribution in [2.75, 3.05) is 54.6 Å². The lowest BCUT2D eigenvalue weighted by Gasteiger charge is -2.27. The molecule has 2 saturated heterocycles. The first kappa shape index (κ1) is 21.1. The minimum Gasteiger partial charge on any atom is -0.457 e. The molecule has 33 heavy (non-hydrogen) atoms. The molecule has 170 valence electrons. The van der Waals surface area contributed by atoms with E-state index in [2.05, 4.69) is 30.3 Å². The van der Waals surface area contributed by atoms with Crippen molar-refractivity contribution in [1.29, 1.82) is 0 Å². The van der Waals surface area contributed by atoms with Crippen molar-refractivity contribution >= 4 is 24.1 Å². The second-order valence-corrected chi connectivity index (χ2v) is 7.91. The summed E-state index contributed by atoms with van der Waals surface area (Å²) < 4.78 is 11.3. The quantitative estimate of drug-likeness (QED) is 0.436. The monoisotopic (exact) mass is 445 g/mol. The lowest BCUT2D eigenvalue weighted by atomic mass is 10.2. The van der Waals surface area contributed by atoms with Gasteiger partial charge in [-0.25, -0.2) is 5.43 Å². The maximum atomic E-state index is 5.83. The van der Waals surface area contributed by atoms with Crippen LogP contribution in [0.5, 0.6) is 11.5 Å². The van der Waals surface area contributed by atoms with Crippen LogP contribution in [0, 0.1) is 0 Å². The van der Waals surface area contributed by atoms with E-state index in [1.54, 1.807) is 6.21 Å². The number of benzene rings is 2. The molecule has 9 heteroatoms. The van der Waals surface area contributed by atoms with E-state index < -0.39 is 0 Å². The number of nitrogens with one attached hydrogen (secondary N) is 1. The third-order valence-corrected chi connectivity index (χ3v) is 5.53. The Morgan fingerprint density at radius 2 is 1.42 bits per heavy atom. The molecular weight excluding hydrogens is 418 g/mol. The first-order valence-electron chi connectivity index (χ1n) is 11.3. The molecule has 2 aromatic carbocycles. The van der Waals surface area contributed by atoms with Crippen LogP contribution in [0.1, 0.15) is 18.4 Å². The summed E-state index contributed by atoms with van der Waals surface area (Å²) >= 11 is 0. The van der Waals surface area contributed by atoms with Crippen LogP contribution in [0.2, 0.25) is 0 Å². The number of rotatable bonds is 7. The van der Waals surface area contributed by atoms with Crippen LogP contribution in [0.25, 0.3) is 0 Å². The molecule has 5 rings (SSSR count). The van der Waals surface area contributed by atoms with E-state index in [0.29, 0.717) is 31.1 Å². The van der Waals surface area contributed by atoms with Gasteiger partial charge < -0.3 is 19.3 Å². The van der Waals surface area contributed by atoms with Gasteiger partial charge in [0.2, 0.25) is 17.8 Å². The number of para-hydroxylation sites is 1. The van der Waals surface area contributed by atoms with Crippen molar-refractivity contribution in [3.8, 4) is 11.5 Å². The van der Waals surface area contributed by atoms with E-state index in [1.807, 2.05) is 54.6 Å². The normalized spacial score (nSPS) is 16.4. The topological polar surface area (TPSA) is 88.0 Å². The first-order chi connectivity index (χ1) is 16.3. The number of morpholine rings is 1. The van der Waals surface area contributed by atoms with Gasteiger partial charge in [0.25, 0.3) is 0 Å². The smallest absolute Gasteiger partial charge is 0.250 e. The Morgan fingerprint density at radius 1 is 0.788 bits per heavy atom. The molecule has 0 unspecified atom stereocenters. The zero-order valence-electron chi connectivity index (χ0n) is 18.4. The van der Waals surface area contributed by atoms with Crippen LogP contribution < -0.4 is 20.0 Å². The minimum atomic E-state index is 0.439. The van der Waals surface area contributed by atoms with Gasteiger partial charge in [0.15, 0.2) is 0 Å². The Balaban J connectivity index is 1.27. The highest BCUT2D eigenvalue weighted by Crippen LogP contribution is 2.22. The van der Waals surface area contributed by atoms with Gasteiger partial charge in [-0.3, -0.25) is 0 Å². The van der Waals surface area contributed by atoms with E-state index in [9.17, 15) is 0 Å². The second kappa shape index (κ2) is 10.3. The molecule has 0 saturated carbocycles. The van der Waals surface area contributed by atoms with Gasteiger partial charge >= 0.3 is 0 Å². The van der Waals surface area contributed by atoms with Crippen molar-refractivity contribution in [3.63, 3.8) is 0 Å². The predicted octanol–water partition coefficient (Wildman–Crippen LogP) is 3.55. The average molecular weight is 446 g/mol. The highest BCUT2D eigenvalue weighted by molar-refractivity contribution is 5.80. The molecule has 3 aromatic rings. The lowest BCUT2D eigenvalue weighted by molar-refractivity contribution is 0.122. The van der Waals surface area contributed by atoms with E-state index in [1.165, 1.54) is 0 Å². The van der Waals surface area contributed by atoms with Gasteiger partial charge in [-0.2, -0.15) is 20.1 Å². The summed E-state index contributed by atoms with van der Waals surface area (Å²) in [4.78, 5) is 18.2. The van der Waals surface area contributed by atoms with Crippen molar-refractivity contribution in [2.24, 2.45) is 5.10 Å². The molecule has 0 amide bonds. The van der Waals surface area contributed by atoms with Gasteiger partial charge in [-0.05, 0) is 54.8 Å². The van der Waals surface area contributed by atoms with Crippen molar-refractivity contribution in [2.45, 2.75) is 12.8 Å². The fourth-order valence-corrected chi connectivity index (χ4v) is 3.78. The van der Waals surface area contributed by atoms with Crippen LogP contribution in [-0.2, 0) is 4.74 Å². The fourth-order valence-electron chi connectivity index (χ4n) is 3.78. The minimum absolute atomic E-state index is 0.439. The van der Waals surface area contributed by atoms with Crippen LogP contribution in [0.15, 0.2) is 59.7 Å². The van der Waals surface area contributed by atoms with Gasteiger partial charge in [-0.15, -0.1) is 0 Å². The Hall–Kier alpha value is -3.72. The molecule has 0 spiro atoms. The summed E-state index contributed by atoms with van der Waals surface area (Å²) in [5.41, 5.74) is 3.92. The SMILES string of the molecule is C(=N\Nc1nc(N2CCCC2)nc(N2CCOCC2)n1)/c1ccc(Oc2ccccc2)cc1. The molecular formula is C24H27N7O2. The molecule has 1 N–H and O–H groups in total. The number of hydrogen-bond donors (Lipinski definition) is 1. The number of nitrogens with zero attached hydrogens (tertiary/aromatic N) is 6. The summed E-state index contributed by atoms with van der Waals surface area (Å²) in [7, 11) is 0. The second-order valence-electron chi connectivity index (χ2n) is 7.91. The third kappa shape index (κ3) is 5.56. The van der Waals surface area contributed by atoms with Gasteiger partial charge in [0.05, 0.1) is 19.4 Å². The first-order valence-corrected chi connectivity index (χ1v) is 11.3. The maximum absolute atomic E-state index is 5.83. The number of hydrogen-bond acceptors (Lipinski definition) is 9. The molecule has 2 fully saturated rings. The van der Waals surface area contributed by atoms with Gasteiger partial charge in [-0.1, -0.05) is 18.2 Å². The molecule has 3 heterocycles. The van der Waals surface area contributed by atoms with Crippen molar-refractivity contribution in [1.82, 2.24) is 15.0 Å². The van der Waals surface area contributed by atoms with Crippen LogP contribution in [-0.4, -0.2) is 60.6 Å². The van der Waals surface area contributed by atoms with E-state index in [-0.39, 0.29) is 0 Å². The van der Waals surface area contributed by atoms with Crippen LogP contribution >= 0.6 is 0 Å².